The van der Waals surface area contributed by atoms with E-state index in [9.17, 15) is 0 Å². The molecular weight excluding hydrogens is 671 g/mol. The Hall–Kier alpha value is -5.88. The molecule has 11 aromatic rings. The molecule has 12 rings (SSSR count). The van der Waals surface area contributed by atoms with Crippen molar-refractivity contribution in [3.8, 4) is 28.3 Å². The Morgan fingerprint density at radius 1 is 0.538 bits per heavy atom. The predicted octanol–water partition coefficient (Wildman–Crippen LogP) is 13.4. The summed E-state index contributed by atoms with van der Waals surface area (Å²) >= 11 is 3.64. The summed E-state index contributed by atoms with van der Waals surface area (Å²) in [4.78, 5) is 11.2. The minimum Gasteiger partial charge on any atom is -0.278 e. The summed E-state index contributed by atoms with van der Waals surface area (Å²) in [6.07, 6.45) is 0. The van der Waals surface area contributed by atoms with Crippen LogP contribution in [0.1, 0.15) is 25.0 Å². The van der Waals surface area contributed by atoms with Gasteiger partial charge in [-0.25, -0.2) is 9.97 Å². The first kappa shape index (κ1) is 28.8. The fraction of sp³-hybridized carbons (Fsp3) is 0.0638. The highest BCUT2D eigenvalue weighted by atomic mass is 32.1. The summed E-state index contributed by atoms with van der Waals surface area (Å²) in [5.74, 6) is 0.706. The highest BCUT2D eigenvalue weighted by Gasteiger charge is 2.38. The molecule has 0 bridgehead atoms. The van der Waals surface area contributed by atoms with Crippen molar-refractivity contribution < 1.29 is 0 Å². The van der Waals surface area contributed by atoms with E-state index in [1.165, 1.54) is 79.6 Å². The maximum absolute atomic E-state index is 5.64. The van der Waals surface area contributed by atoms with Crippen LogP contribution < -0.4 is 0 Å². The molecule has 0 saturated heterocycles. The van der Waals surface area contributed by atoms with Crippen LogP contribution in [0, 0.1) is 0 Å². The lowest BCUT2D eigenvalue weighted by atomic mass is 9.81. The van der Waals surface area contributed by atoms with Gasteiger partial charge in [0.2, 0.25) is 5.95 Å². The number of hydrogen-bond donors (Lipinski definition) is 0. The molecule has 1 aliphatic rings. The minimum atomic E-state index is -0.217. The third-order valence-corrected chi connectivity index (χ3v) is 13.7. The van der Waals surface area contributed by atoms with Gasteiger partial charge in [-0.3, -0.25) is 4.57 Å². The maximum Gasteiger partial charge on any atom is 0.235 e. The van der Waals surface area contributed by atoms with Crippen molar-refractivity contribution in [1.82, 2.24) is 14.5 Å². The lowest BCUT2D eigenvalue weighted by Crippen LogP contribution is -2.17. The Labute approximate surface area is 307 Å². The zero-order chi connectivity index (χ0) is 34.3. The molecule has 7 aromatic carbocycles. The number of thiophene rings is 2. The van der Waals surface area contributed by atoms with Crippen LogP contribution in [-0.2, 0) is 5.41 Å². The first-order valence-electron chi connectivity index (χ1n) is 17.7. The molecule has 1 aliphatic carbocycles. The average molecular weight is 700 g/mol. The third kappa shape index (κ3) is 3.74. The second-order valence-corrected chi connectivity index (χ2v) is 16.7. The van der Waals surface area contributed by atoms with Gasteiger partial charge in [-0.15, -0.1) is 22.7 Å². The van der Waals surface area contributed by atoms with Crippen molar-refractivity contribution in [1.29, 1.82) is 0 Å². The third-order valence-electron chi connectivity index (χ3n) is 11.4. The molecule has 0 aliphatic heterocycles. The van der Waals surface area contributed by atoms with Crippen molar-refractivity contribution in [2.75, 3.05) is 0 Å². The molecule has 0 fully saturated rings. The molecule has 0 amide bonds. The van der Waals surface area contributed by atoms with Crippen LogP contribution in [0.15, 0.2) is 140 Å². The van der Waals surface area contributed by atoms with Crippen LogP contribution in [0.2, 0.25) is 0 Å². The van der Waals surface area contributed by atoms with Crippen molar-refractivity contribution in [2.24, 2.45) is 0 Å². The van der Waals surface area contributed by atoms with Gasteiger partial charge < -0.3 is 0 Å². The molecule has 5 heteroatoms. The van der Waals surface area contributed by atoms with Gasteiger partial charge in [-0.05, 0) is 63.4 Å². The molecule has 0 spiro atoms. The van der Waals surface area contributed by atoms with E-state index in [0.29, 0.717) is 5.95 Å². The highest BCUT2D eigenvalue weighted by molar-refractivity contribution is 7.26. The molecule has 0 radical (unpaired) electrons. The summed E-state index contributed by atoms with van der Waals surface area (Å²) in [5.41, 5.74) is 10.5. The largest absolute Gasteiger partial charge is 0.278 e. The molecule has 0 N–H and O–H groups in total. The quantitative estimate of drug-likeness (QED) is 0.180. The van der Waals surface area contributed by atoms with Crippen LogP contribution >= 0.6 is 22.7 Å². The van der Waals surface area contributed by atoms with Gasteiger partial charge in [0.15, 0.2) is 0 Å². The highest BCUT2D eigenvalue weighted by Crippen LogP contribution is 2.53. The molecule has 0 saturated carbocycles. The Morgan fingerprint density at radius 2 is 1.23 bits per heavy atom. The Bertz CT molecular complexity index is 3340. The van der Waals surface area contributed by atoms with Gasteiger partial charge in [0.25, 0.3) is 0 Å². The zero-order valence-electron chi connectivity index (χ0n) is 28.4. The van der Waals surface area contributed by atoms with Crippen molar-refractivity contribution >= 4 is 95.7 Å². The maximum atomic E-state index is 5.64. The second kappa shape index (κ2) is 10.1. The number of hydrogen-bond acceptors (Lipinski definition) is 4. The first-order valence-corrected chi connectivity index (χ1v) is 19.4. The van der Waals surface area contributed by atoms with E-state index in [1.807, 2.05) is 11.3 Å². The molecule has 3 nitrogen and oxygen atoms in total. The van der Waals surface area contributed by atoms with E-state index in [1.54, 1.807) is 11.3 Å². The normalized spacial score (nSPS) is 13.7. The Balaban J connectivity index is 1.24. The van der Waals surface area contributed by atoms with E-state index in [0.717, 1.165) is 27.0 Å². The number of aromatic nitrogens is 3. The van der Waals surface area contributed by atoms with Crippen molar-refractivity contribution in [3.63, 3.8) is 0 Å². The molecule has 0 atom stereocenters. The lowest BCUT2D eigenvalue weighted by Gasteiger charge is -2.23. The molecule has 4 heterocycles. The standard InChI is InChI=1S/C47H29N3S2/c1-47(2)36-16-8-5-13-29(36)32-21-22-33-35-23-26-11-3-4-12-27(26)24-37(35)50(44(33)41(32)47)46-48-42(45-43(49-46)34-15-7-10-18-39(34)52-45)28-19-20-31-30-14-6-9-17-38(30)51-40(31)25-28/h3-25H,1-2H3. The summed E-state index contributed by atoms with van der Waals surface area (Å²) in [6.45, 7) is 4.75. The van der Waals surface area contributed by atoms with Crippen molar-refractivity contribution in [2.45, 2.75) is 19.3 Å². The Morgan fingerprint density at radius 3 is 2.10 bits per heavy atom. The van der Waals surface area contributed by atoms with Crippen LogP contribution in [-0.4, -0.2) is 14.5 Å². The zero-order valence-corrected chi connectivity index (χ0v) is 30.1. The molecule has 4 aromatic heterocycles. The minimum absolute atomic E-state index is 0.217. The first-order chi connectivity index (χ1) is 25.5. The topological polar surface area (TPSA) is 30.7 Å². The van der Waals surface area contributed by atoms with Gasteiger partial charge >= 0.3 is 0 Å². The Kier molecular flexibility index (Phi) is 5.61. The summed E-state index contributed by atoms with van der Waals surface area (Å²) in [6, 6.07) is 51.2. The number of benzene rings is 7. The van der Waals surface area contributed by atoms with Gasteiger partial charge in [-0.1, -0.05) is 123 Å². The second-order valence-electron chi connectivity index (χ2n) is 14.6. The smallest absolute Gasteiger partial charge is 0.235 e. The van der Waals surface area contributed by atoms with Crippen molar-refractivity contribution in [3.05, 3.63) is 151 Å². The van der Waals surface area contributed by atoms with Crippen LogP contribution in [0.4, 0.5) is 0 Å². The summed E-state index contributed by atoms with van der Waals surface area (Å²) in [7, 11) is 0. The van der Waals surface area contributed by atoms with Gasteiger partial charge in [0.1, 0.15) is 0 Å². The SMILES string of the molecule is CC1(C)c2ccccc2-c2ccc3c4cc5ccccc5cc4n(-c4nc(-c5ccc6c(c5)sc5ccccc56)c5sc6ccccc6c5n4)c3c21. The van der Waals surface area contributed by atoms with Crippen LogP contribution in [0.25, 0.3) is 101 Å². The number of fused-ring (bicyclic) bond motifs is 14. The number of rotatable bonds is 2. The molecular formula is C47H29N3S2. The molecule has 52 heavy (non-hydrogen) atoms. The summed E-state index contributed by atoms with van der Waals surface area (Å²) in [5, 5.41) is 8.64. The number of nitrogens with zero attached hydrogens (tertiary/aromatic N) is 3. The lowest BCUT2D eigenvalue weighted by molar-refractivity contribution is 0.663. The van der Waals surface area contributed by atoms with E-state index in [4.69, 9.17) is 9.97 Å². The fourth-order valence-corrected chi connectivity index (χ4v) is 11.3. The van der Waals surface area contributed by atoms with E-state index < -0.39 is 0 Å². The monoisotopic (exact) mass is 699 g/mol. The summed E-state index contributed by atoms with van der Waals surface area (Å²) < 4.78 is 7.30. The molecule has 244 valence electrons. The fourth-order valence-electron chi connectivity index (χ4n) is 9.00. The average Bonchev–Trinajstić information content (AvgIpc) is 3.90. The van der Waals surface area contributed by atoms with Crippen LogP contribution in [0.3, 0.4) is 0 Å². The predicted molar refractivity (Wildman–Crippen MR) is 223 cm³/mol. The van der Waals surface area contributed by atoms with Gasteiger partial charge in [0.05, 0.1) is 26.9 Å². The van der Waals surface area contributed by atoms with E-state index >= 15 is 0 Å². The van der Waals surface area contributed by atoms with E-state index in [2.05, 4.69) is 158 Å². The van der Waals surface area contributed by atoms with Gasteiger partial charge in [0, 0.05) is 52.0 Å². The van der Waals surface area contributed by atoms with E-state index in [-0.39, 0.29) is 5.41 Å². The van der Waals surface area contributed by atoms with Gasteiger partial charge in [-0.2, -0.15) is 0 Å². The molecule has 0 unspecified atom stereocenters. The van der Waals surface area contributed by atoms with Crippen LogP contribution in [0.5, 0.6) is 0 Å².